The van der Waals surface area contributed by atoms with Crippen LogP contribution in [0.2, 0.25) is 0 Å². The van der Waals surface area contributed by atoms with Gasteiger partial charge < -0.3 is 14.7 Å². The summed E-state index contributed by atoms with van der Waals surface area (Å²) in [4.78, 5) is 26.5. The monoisotopic (exact) mass is 361 g/mol. The summed E-state index contributed by atoms with van der Waals surface area (Å²) in [6, 6.07) is 9.43. The van der Waals surface area contributed by atoms with Crippen molar-refractivity contribution in [1.29, 1.82) is 0 Å². The van der Waals surface area contributed by atoms with E-state index in [-0.39, 0.29) is 22.8 Å². The Labute approximate surface area is 151 Å². The quantitative estimate of drug-likeness (QED) is 0.818. The van der Waals surface area contributed by atoms with E-state index in [9.17, 15) is 9.59 Å². The number of aryl methyl sites for hydroxylation is 2. The minimum Gasteiger partial charge on any atom is -0.360 e. The van der Waals surface area contributed by atoms with Crippen molar-refractivity contribution in [3.8, 4) is 0 Å². The molecule has 1 aromatic carbocycles. The number of anilines is 2. The van der Waals surface area contributed by atoms with Crippen molar-refractivity contribution in [2.75, 3.05) is 22.5 Å². The third-order valence-corrected chi connectivity index (χ3v) is 4.86. The minimum atomic E-state index is -0.378. The van der Waals surface area contributed by atoms with Crippen molar-refractivity contribution in [3.63, 3.8) is 0 Å². The molecule has 2 rings (SSSR count). The molecule has 0 spiro atoms. The van der Waals surface area contributed by atoms with Crippen LogP contribution >= 0.6 is 11.8 Å². The molecule has 0 saturated carbocycles. The molecule has 0 bridgehead atoms. The molecule has 0 aliphatic heterocycles. The lowest BCUT2D eigenvalue weighted by molar-refractivity contribution is -0.116. The molecule has 2 aromatic rings. The number of amides is 2. The summed E-state index contributed by atoms with van der Waals surface area (Å²) in [7, 11) is 0. The number of hydrogen-bond donors (Lipinski definition) is 1. The van der Waals surface area contributed by atoms with Crippen LogP contribution in [0.25, 0.3) is 0 Å². The third-order valence-electron chi connectivity index (χ3n) is 3.73. The number of thioether (sulfide) groups is 1. The van der Waals surface area contributed by atoms with Crippen LogP contribution in [0.5, 0.6) is 0 Å². The van der Waals surface area contributed by atoms with Crippen LogP contribution in [-0.4, -0.2) is 34.5 Å². The molecule has 25 heavy (non-hydrogen) atoms. The van der Waals surface area contributed by atoms with Crippen LogP contribution < -0.4 is 10.2 Å². The zero-order valence-electron chi connectivity index (χ0n) is 14.9. The van der Waals surface area contributed by atoms with Crippen LogP contribution in [-0.2, 0) is 9.59 Å². The number of rotatable bonds is 7. The molecule has 134 valence electrons. The van der Waals surface area contributed by atoms with Crippen molar-refractivity contribution in [2.45, 2.75) is 32.9 Å². The van der Waals surface area contributed by atoms with Gasteiger partial charge in [-0.25, -0.2) is 0 Å². The molecule has 2 amide bonds. The number of nitrogens with one attached hydrogen (secondary N) is 1. The summed E-state index contributed by atoms with van der Waals surface area (Å²) in [5, 5.41) is 6.04. The predicted molar refractivity (Wildman–Crippen MR) is 101 cm³/mol. The predicted octanol–water partition coefficient (Wildman–Crippen LogP) is 3.40. The van der Waals surface area contributed by atoms with Gasteiger partial charge in [0.05, 0.1) is 11.0 Å². The average Bonchev–Trinajstić information content (AvgIpc) is 2.99. The Bertz CT molecular complexity index is 745. The van der Waals surface area contributed by atoms with Gasteiger partial charge in [0.1, 0.15) is 5.76 Å². The Hall–Kier alpha value is -2.28. The van der Waals surface area contributed by atoms with Crippen LogP contribution in [0, 0.1) is 13.8 Å². The average molecular weight is 361 g/mol. The highest BCUT2D eigenvalue weighted by molar-refractivity contribution is 8.01. The van der Waals surface area contributed by atoms with E-state index < -0.39 is 0 Å². The molecule has 1 unspecified atom stereocenters. The summed E-state index contributed by atoms with van der Waals surface area (Å²) < 4.78 is 4.92. The molecule has 0 saturated heterocycles. The molecule has 1 atom stereocenters. The van der Waals surface area contributed by atoms with E-state index in [4.69, 9.17) is 4.52 Å². The van der Waals surface area contributed by atoms with Gasteiger partial charge in [0.25, 0.3) is 0 Å². The van der Waals surface area contributed by atoms with Gasteiger partial charge in [0.15, 0.2) is 5.82 Å². The van der Waals surface area contributed by atoms with Crippen molar-refractivity contribution in [2.24, 2.45) is 0 Å². The summed E-state index contributed by atoms with van der Waals surface area (Å²) >= 11 is 1.30. The number of nitrogens with zero attached hydrogens (tertiary/aromatic N) is 2. The first-order valence-electron chi connectivity index (χ1n) is 8.14. The van der Waals surface area contributed by atoms with Crippen LogP contribution in [0.4, 0.5) is 11.5 Å². The summed E-state index contributed by atoms with van der Waals surface area (Å²) in [5.41, 5.74) is 1.96. The first kappa shape index (κ1) is 19.1. The van der Waals surface area contributed by atoms with Crippen LogP contribution in [0.15, 0.2) is 34.9 Å². The van der Waals surface area contributed by atoms with Gasteiger partial charge in [-0.15, -0.1) is 11.8 Å². The standard InChI is InChI=1S/C18H23N3O3S/c1-5-21(15-9-7-6-8-12(15)2)17(22)11-25-14(4)18(23)19-16-10-13(3)24-20-16/h6-10,14H,5,11H2,1-4H3,(H,19,20,23). The van der Waals surface area contributed by atoms with E-state index >= 15 is 0 Å². The van der Waals surface area contributed by atoms with Crippen LogP contribution in [0.1, 0.15) is 25.2 Å². The van der Waals surface area contributed by atoms with Gasteiger partial charge in [0.2, 0.25) is 11.8 Å². The normalized spacial score (nSPS) is 11.8. The Kier molecular flexibility index (Phi) is 6.64. The van der Waals surface area contributed by atoms with E-state index in [1.54, 1.807) is 24.8 Å². The molecule has 6 nitrogen and oxygen atoms in total. The molecular weight excluding hydrogens is 338 g/mol. The fourth-order valence-electron chi connectivity index (χ4n) is 2.35. The van der Waals surface area contributed by atoms with Gasteiger partial charge in [-0.1, -0.05) is 23.4 Å². The first-order valence-corrected chi connectivity index (χ1v) is 9.19. The number of hydrogen-bond acceptors (Lipinski definition) is 5. The van der Waals surface area contributed by atoms with Crippen molar-refractivity contribution in [1.82, 2.24) is 5.16 Å². The molecule has 1 N–H and O–H groups in total. The molecule has 0 fully saturated rings. The number of para-hydroxylation sites is 1. The van der Waals surface area contributed by atoms with Gasteiger partial charge in [-0.05, 0) is 39.3 Å². The molecule has 1 heterocycles. The highest BCUT2D eigenvalue weighted by atomic mass is 32.2. The summed E-state index contributed by atoms with van der Waals surface area (Å²) in [5.74, 6) is 1.02. The molecular formula is C18H23N3O3S. The second-order valence-electron chi connectivity index (χ2n) is 5.69. The van der Waals surface area contributed by atoms with Crippen molar-refractivity contribution in [3.05, 3.63) is 41.7 Å². The smallest absolute Gasteiger partial charge is 0.238 e. The van der Waals surface area contributed by atoms with Crippen LogP contribution in [0.3, 0.4) is 0 Å². The van der Waals surface area contributed by atoms with E-state index in [1.807, 2.05) is 38.1 Å². The highest BCUT2D eigenvalue weighted by Gasteiger charge is 2.20. The highest BCUT2D eigenvalue weighted by Crippen LogP contribution is 2.21. The van der Waals surface area contributed by atoms with E-state index in [0.29, 0.717) is 18.1 Å². The Morgan fingerprint density at radius 2 is 2.04 bits per heavy atom. The maximum absolute atomic E-state index is 12.6. The number of carbonyl (C=O) groups is 2. The minimum absolute atomic E-state index is 0.0151. The number of benzene rings is 1. The largest absolute Gasteiger partial charge is 0.360 e. The maximum Gasteiger partial charge on any atom is 0.238 e. The molecule has 1 aromatic heterocycles. The van der Waals surface area contributed by atoms with Crippen molar-refractivity contribution < 1.29 is 14.1 Å². The number of carbonyl (C=O) groups excluding carboxylic acids is 2. The SMILES string of the molecule is CCN(C(=O)CSC(C)C(=O)Nc1cc(C)on1)c1ccccc1C. The lowest BCUT2D eigenvalue weighted by atomic mass is 10.2. The molecule has 0 aliphatic carbocycles. The summed E-state index contributed by atoms with van der Waals surface area (Å²) in [6.07, 6.45) is 0. The van der Waals surface area contributed by atoms with Gasteiger partial charge in [-0.2, -0.15) is 0 Å². The second kappa shape index (κ2) is 8.71. The van der Waals surface area contributed by atoms with Gasteiger partial charge in [-0.3, -0.25) is 9.59 Å². The summed E-state index contributed by atoms with van der Waals surface area (Å²) in [6.45, 7) is 8.03. The third kappa shape index (κ3) is 5.09. The van der Waals surface area contributed by atoms with Crippen molar-refractivity contribution >= 4 is 35.1 Å². The maximum atomic E-state index is 12.6. The van der Waals surface area contributed by atoms with E-state index in [0.717, 1.165) is 11.3 Å². The lowest BCUT2D eigenvalue weighted by Crippen LogP contribution is -2.34. The second-order valence-corrected chi connectivity index (χ2v) is 7.02. The Balaban J connectivity index is 1.91. The van der Waals surface area contributed by atoms with Gasteiger partial charge >= 0.3 is 0 Å². The molecule has 0 aliphatic rings. The lowest BCUT2D eigenvalue weighted by Gasteiger charge is -2.23. The topological polar surface area (TPSA) is 75.4 Å². The first-order chi connectivity index (χ1) is 11.9. The Morgan fingerprint density at radius 1 is 1.32 bits per heavy atom. The van der Waals surface area contributed by atoms with E-state index in [2.05, 4.69) is 10.5 Å². The zero-order chi connectivity index (χ0) is 18.4. The molecule has 7 heteroatoms. The number of aromatic nitrogens is 1. The van der Waals surface area contributed by atoms with E-state index in [1.165, 1.54) is 11.8 Å². The molecule has 0 radical (unpaired) electrons. The zero-order valence-corrected chi connectivity index (χ0v) is 15.7. The Morgan fingerprint density at radius 3 is 2.64 bits per heavy atom. The van der Waals surface area contributed by atoms with Gasteiger partial charge in [0, 0.05) is 18.3 Å². The fourth-order valence-corrected chi connectivity index (χ4v) is 3.11. The fraction of sp³-hybridized carbons (Fsp3) is 0.389.